The number of aromatic amines is 1. The molecule has 4 aromatic rings. The van der Waals surface area contributed by atoms with E-state index >= 15 is 0 Å². The third-order valence-corrected chi connectivity index (χ3v) is 4.64. The summed E-state index contributed by atoms with van der Waals surface area (Å²) < 4.78 is 0. The van der Waals surface area contributed by atoms with E-state index in [4.69, 9.17) is 5.73 Å². The van der Waals surface area contributed by atoms with E-state index in [1.807, 2.05) is 36.4 Å². The highest BCUT2D eigenvalue weighted by Gasteiger charge is 2.10. The molecule has 0 aliphatic rings. The van der Waals surface area contributed by atoms with Crippen LogP contribution in [-0.2, 0) is 6.42 Å². The lowest BCUT2D eigenvalue weighted by Crippen LogP contribution is -2.13. The summed E-state index contributed by atoms with van der Waals surface area (Å²) in [5, 5.41) is 10.7. The maximum atomic E-state index is 11.5. The molecule has 5 heteroatoms. The van der Waals surface area contributed by atoms with Gasteiger partial charge >= 0.3 is 0 Å². The average Bonchev–Trinajstić information content (AvgIpc) is 2.68. The van der Waals surface area contributed by atoms with Crippen LogP contribution in [0.25, 0.3) is 22.0 Å². The molecule has 5 nitrogen and oxygen atoms in total. The fourth-order valence-corrected chi connectivity index (χ4v) is 3.22. The minimum absolute atomic E-state index is 0.0412. The summed E-state index contributed by atoms with van der Waals surface area (Å²) in [5.74, 6) is -0.0412. The van der Waals surface area contributed by atoms with Gasteiger partial charge in [-0.05, 0) is 41.3 Å². The summed E-state index contributed by atoms with van der Waals surface area (Å²) in [6.45, 7) is 0. The lowest BCUT2D eigenvalue weighted by atomic mass is 9.97. The van der Waals surface area contributed by atoms with Crippen molar-refractivity contribution >= 4 is 10.9 Å². The van der Waals surface area contributed by atoms with Gasteiger partial charge in [0.2, 0.25) is 0 Å². The first-order valence-corrected chi connectivity index (χ1v) is 8.71. The van der Waals surface area contributed by atoms with Crippen LogP contribution in [0, 0.1) is 0 Å². The second-order valence-corrected chi connectivity index (χ2v) is 6.58. The highest BCUT2D eigenvalue weighted by Crippen LogP contribution is 2.28. The van der Waals surface area contributed by atoms with Gasteiger partial charge in [-0.2, -0.15) is 0 Å². The van der Waals surface area contributed by atoms with Gasteiger partial charge in [0.1, 0.15) is 5.75 Å². The molecule has 0 radical (unpaired) electrons. The molecule has 0 aliphatic heterocycles. The number of aromatic nitrogens is 2. The van der Waals surface area contributed by atoms with Crippen molar-refractivity contribution in [3.05, 3.63) is 94.5 Å². The summed E-state index contributed by atoms with van der Waals surface area (Å²) in [6.07, 6.45) is 4.28. The highest BCUT2D eigenvalue weighted by molar-refractivity contribution is 5.88. The molecule has 1 atom stereocenters. The van der Waals surface area contributed by atoms with Gasteiger partial charge in [-0.1, -0.05) is 36.4 Å². The van der Waals surface area contributed by atoms with Gasteiger partial charge in [-0.3, -0.25) is 9.78 Å². The Bertz CT molecular complexity index is 1150. The summed E-state index contributed by atoms with van der Waals surface area (Å²) in [5.41, 5.74) is 10.6. The quantitative estimate of drug-likeness (QED) is 0.521. The maximum Gasteiger partial charge on any atom is 0.252 e. The Kier molecular flexibility index (Phi) is 4.44. The number of rotatable bonds is 4. The number of aromatic hydroxyl groups is 1. The van der Waals surface area contributed by atoms with Crippen LogP contribution >= 0.6 is 0 Å². The molecule has 0 fully saturated rings. The number of H-pyrrole nitrogens is 1. The first kappa shape index (κ1) is 17.0. The van der Waals surface area contributed by atoms with E-state index in [0.29, 0.717) is 10.9 Å². The van der Waals surface area contributed by atoms with Gasteiger partial charge in [-0.15, -0.1) is 0 Å². The van der Waals surface area contributed by atoms with Crippen LogP contribution in [-0.4, -0.2) is 15.1 Å². The van der Waals surface area contributed by atoms with E-state index in [9.17, 15) is 9.90 Å². The molecule has 0 amide bonds. The van der Waals surface area contributed by atoms with Gasteiger partial charge in [0, 0.05) is 35.5 Å². The van der Waals surface area contributed by atoms with E-state index in [1.165, 1.54) is 11.6 Å². The van der Waals surface area contributed by atoms with Crippen LogP contribution in [0.2, 0.25) is 0 Å². The standard InChI is InChI=1S/C22H19N3O2/c23-19(8-14-4-2-1-3-5-14)17-9-16(12-24-13-17)15-6-7-20-18(10-15)21(26)11-22(27)25-20/h1-7,9-13,19H,8,23H2,(H2,25,26,27). The fourth-order valence-electron chi connectivity index (χ4n) is 3.22. The molecular weight excluding hydrogens is 338 g/mol. The Morgan fingerprint density at radius 1 is 1.00 bits per heavy atom. The zero-order valence-corrected chi connectivity index (χ0v) is 14.6. The predicted molar refractivity (Wildman–Crippen MR) is 107 cm³/mol. The second-order valence-electron chi connectivity index (χ2n) is 6.58. The molecule has 4 rings (SSSR count). The third-order valence-electron chi connectivity index (χ3n) is 4.64. The normalized spacial score (nSPS) is 12.2. The maximum absolute atomic E-state index is 11.5. The summed E-state index contributed by atoms with van der Waals surface area (Å²) in [7, 11) is 0. The minimum Gasteiger partial charge on any atom is -0.507 e. The van der Waals surface area contributed by atoms with Gasteiger partial charge < -0.3 is 15.8 Å². The fraction of sp³-hybridized carbons (Fsp3) is 0.0909. The number of nitrogens with zero attached hydrogens (tertiary/aromatic N) is 1. The number of benzene rings is 2. The molecule has 0 bridgehead atoms. The zero-order chi connectivity index (χ0) is 18.8. The molecule has 1 unspecified atom stereocenters. The van der Waals surface area contributed by atoms with Gasteiger partial charge in [0.25, 0.3) is 5.56 Å². The Labute approximate surface area is 156 Å². The monoisotopic (exact) mass is 357 g/mol. The van der Waals surface area contributed by atoms with Crippen LogP contribution in [0.5, 0.6) is 5.75 Å². The van der Waals surface area contributed by atoms with Crippen LogP contribution < -0.4 is 11.3 Å². The SMILES string of the molecule is NC(Cc1ccccc1)c1cncc(-c2ccc3[nH]c(=O)cc(O)c3c2)c1. The van der Waals surface area contributed by atoms with Crippen LogP contribution in [0.15, 0.2) is 77.9 Å². The van der Waals surface area contributed by atoms with Crippen molar-refractivity contribution in [2.24, 2.45) is 5.73 Å². The van der Waals surface area contributed by atoms with Gasteiger partial charge in [0.05, 0.1) is 5.52 Å². The van der Waals surface area contributed by atoms with Crippen molar-refractivity contribution in [2.75, 3.05) is 0 Å². The second kappa shape index (κ2) is 7.05. The summed E-state index contributed by atoms with van der Waals surface area (Å²) >= 11 is 0. The zero-order valence-electron chi connectivity index (χ0n) is 14.6. The molecule has 134 valence electrons. The number of pyridine rings is 2. The molecule has 2 heterocycles. The largest absolute Gasteiger partial charge is 0.507 e. The summed E-state index contributed by atoms with van der Waals surface area (Å²) in [4.78, 5) is 18.5. The number of hydrogen-bond acceptors (Lipinski definition) is 4. The van der Waals surface area contributed by atoms with Crippen LogP contribution in [0.3, 0.4) is 0 Å². The molecule has 4 N–H and O–H groups in total. The Morgan fingerprint density at radius 3 is 2.63 bits per heavy atom. The Balaban J connectivity index is 1.68. The Morgan fingerprint density at radius 2 is 1.81 bits per heavy atom. The van der Waals surface area contributed by atoms with Crippen LogP contribution in [0.4, 0.5) is 0 Å². The van der Waals surface area contributed by atoms with E-state index in [0.717, 1.165) is 23.1 Å². The van der Waals surface area contributed by atoms with E-state index in [-0.39, 0.29) is 17.4 Å². The van der Waals surface area contributed by atoms with Crippen molar-refractivity contribution < 1.29 is 5.11 Å². The first-order chi connectivity index (χ1) is 13.1. The number of hydrogen-bond donors (Lipinski definition) is 3. The van der Waals surface area contributed by atoms with Crippen molar-refractivity contribution in [3.8, 4) is 16.9 Å². The number of nitrogens with one attached hydrogen (secondary N) is 1. The topological polar surface area (TPSA) is 92.0 Å². The lowest BCUT2D eigenvalue weighted by Gasteiger charge is -2.13. The molecule has 2 aromatic heterocycles. The minimum atomic E-state index is -0.330. The predicted octanol–water partition coefficient (Wildman–Crippen LogP) is 3.54. The Hall–Kier alpha value is -3.44. The van der Waals surface area contributed by atoms with Crippen molar-refractivity contribution in [2.45, 2.75) is 12.5 Å². The molecule has 0 saturated carbocycles. The lowest BCUT2D eigenvalue weighted by molar-refractivity contribution is 0.480. The number of fused-ring (bicyclic) bond motifs is 1. The molecule has 0 aliphatic carbocycles. The number of nitrogens with two attached hydrogens (primary N) is 1. The molecule has 27 heavy (non-hydrogen) atoms. The van der Waals surface area contributed by atoms with E-state index in [2.05, 4.69) is 22.1 Å². The van der Waals surface area contributed by atoms with Crippen LogP contribution in [0.1, 0.15) is 17.2 Å². The van der Waals surface area contributed by atoms with Crippen molar-refractivity contribution in [3.63, 3.8) is 0 Å². The highest BCUT2D eigenvalue weighted by atomic mass is 16.3. The smallest absolute Gasteiger partial charge is 0.252 e. The van der Waals surface area contributed by atoms with Crippen molar-refractivity contribution in [1.29, 1.82) is 0 Å². The molecule has 0 saturated heterocycles. The first-order valence-electron chi connectivity index (χ1n) is 8.71. The molecule has 2 aromatic carbocycles. The third kappa shape index (κ3) is 3.59. The van der Waals surface area contributed by atoms with Gasteiger partial charge in [-0.25, -0.2) is 0 Å². The summed E-state index contributed by atoms with van der Waals surface area (Å²) in [6, 6.07) is 18.7. The van der Waals surface area contributed by atoms with Gasteiger partial charge in [0.15, 0.2) is 0 Å². The molecule has 0 spiro atoms. The van der Waals surface area contributed by atoms with E-state index < -0.39 is 0 Å². The average molecular weight is 357 g/mol. The van der Waals surface area contributed by atoms with E-state index in [1.54, 1.807) is 18.5 Å². The van der Waals surface area contributed by atoms with Crippen molar-refractivity contribution in [1.82, 2.24) is 9.97 Å². The molecular formula is C22H19N3O2.